The van der Waals surface area contributed by atoms with Crippen molar-refractivity contribution in [1.29, 1.82) is 0 Å². The third-order valence-corrected chi connectivity index (χ3v) is 4.38. The number of nitrogens with one attached hydrogen (secondary N) is 2. The molecule has 0 bridgehead atoms. The fourth-order valence-corrected chi connectivity index (χ4v) is 3.01. The number of nitrogens with zero attached hydrogens (tertiary/aromatic N) is 1. The van der Waals surface area contributed by atoms with Crippen molar-refractivity contribution in [3.05, 3.63) is 63.6 Å². The number of hydrogen-bond donors (Lipinski definition) is 2. The van der Waals surface area contributed by atoms with E-state index in [1.54, 1.807) is 17.0 Å². The lowest BCUT2D eigenvalue weighted by Gasteiger charge is -2.11. The maximum absolute atomic E-state index is 12.1. The topological polar surface area (TPSA) is 61.4 Å². The van der Waals surface area contributed by atoms with Crippen molar-refractivity contribution in [3.63, 3.8) is 0 Å². The molecule has 0 heterocycles. The third-order valence-electron chi connectivity index (χ3n) is 3.80. The van der Waals surface area contributed by atoms with Gasteiger partial charge >= 0.3 is 0 Å². The lowest BCUT2D eigenvalue weighted by atomic mass is 10.1. The maximum Gasteiger partial charge on any atom is 0.238 e. The van der Waals surface area contributed by atoms with Crippen molar-refractivity contribution in [1.82, 2.24) is 10.2 Å². The minimum absolute atomic E-state index is 0.0666. The van der Waals surface area contributed by atoms with Gasteiger partial charge in [-0.1, -0.05) is 41.4 Å². The van der Waals surface area contributed by atoms with Crippen LogP contribution in [-0.2, 0) is 22.6 Å². The van der Waals surface area contributed by atoms with Gasteiger partial charge in [0.1, 0.15) is 0 Å². The van der Waals surface area contributed by atoms with Gasteiger partial charge in [0.15, 0.2) is 0 Å². The van der Waals surface area contributed by atoms with Gasteiger partial charge < -0.3 is 15.5 Å². The van der Waals surface area contributed by atoms with Crippen molar-refractivity contribution in [3.8, 4) is 0 Å². The van der Waals surface area contributed by atoms with Crippen LogP contribution < -0.4 is 10.6 Å². The quantitative estimate of drug-likeness (QED) is 0.700. The number of carbonyl (C=O) groups is 2. The molecular weight excluding hydrogens is 385 g/mol. The molecule has 0 atom stereocenters. The Balaban J connectivity index is 1.82. The molecule has 0 aromatic heterocycles. The van der Waals surface area contributed by atoms with Gasteiger partial charge in [0.25, 0.3) is 0 Å². The first-order chi connectivity index (χ1) is 12.8. The van der Waals surface area contributed by atoms with Gasteiger partial charge in [-0.15, -0.1) is 0 Å². The molecule has 2 aromatic carbocycles. The molecule has 144 valence electrons. The van der Waals surface area contributed by atoms with Crippen molar-refractivity contribution in [2.75, 3.05) is 26.0 Å². The minimum Gasteiger partial charge on any atom is -0.352 e. The molecule has 0 saturated carbocycles. The highest BCUT2D eigenvalue weighted by Crippen LogP contribution is 2.22. The summed E-state index contributed by atoms with van der Waals surface area (Å²) in [5.74, 6) is -0.149. The first-order valence-electron chi connectivity index (χ1n) is 8.57. The van der Waals surface area contributed by atoms with Gasteiger partial charge in [0, 0.05) is 28.7 Å². The predicted molar refractivity (Wildman–Crippen MR) is 110 cm³/mol. The molecule has 0 aliphatic carbocycles. The minimum atomic E-state index is -0.0824. The highest BCUT2D eigenvalue weighted by atomic mass is 35.5. The Kier molecular flexibility index (Phi) is 8.10. The van der Waals surface area contributed by atoms with Gasteiger partial charge in [-0.2, -0.15) is 0 Å². The summed E-state index contributed by atoms with van der Waals surface area (Å²) in [6, 6.07) is 12.7. The van der Waals surface area contributed by atoms with E-state index >= 15 is 0 Å². The Morgan fingerprint density at radius 2 is 1.81 bits per heavy atom. The van der Waals surface area contributed by atoms with Crippen LogP contribution in [0.15, 0.2) is 42.5 Å². The number of benzene rings is 2. The summed E-state index contributed by atoms with van der Waals surface area (Å²) < 4.78 is 0. The largest absolute Gasteiger partial charge is 0.352 e. The van der Waals surface area contributed by atoms with E-state index in [0.29, 0.717) is 41.7 Å². The highest BCUT2D eigenvalue weighted by Gasteiger charge is 2.07. The standard InChI is InChI=1S/C20H23Cl2N3O2/c1-25(2)13-20(27)24-17-5-3-4-14(10-17)12-23-19(26)9-7-15-6-8-16(21)11-18(15)22/h3-6,8,10-11H,7,9,12-13H2,1-2H3,(H,23,26)(H,24,27). The number of likely N-dealkylation sites (N-methyl/N-ethyl adjacent to an activating group) is 1. The van der Waals surface area contributed by atoms with Crippen LogP contribution in [0.2, 0.25) is 10.0 Å². The Morgan fingerprint density at radius 3 is 2.52 bits per heavy atom. The van der Waals surface area contributed by atoms with Crippen molar-refractivity contribution < 1.29 is 9.59 Å². The second-order valence-corrected chi connectivity index (χ2v) is 7.34. The van der Waals surface area contributed by atoms with Crippen molar-refractivity contribution >= 4 is 40.7 Å². The summed E-state index contributed by atoms with van der Waals surface area (Å²) in [7, 11) is 3.67. The van der Waals surface area contributed by atoms with E-state index in [0.717, 1.165) is 11.1 Å². The van der Waals surface area contributed by atoms with Gasteiger partial charge in [0.05, 0.1) is 6.54 Å². The fourth-order valence-electron chi connectivity index (χ4n) is 2.51. The molecule has 0 aliphatic heterocycles. The molecule has 27 heavy (non-hydrogen) atoms. The smallest absolute Gasteiger partial charge is 0.238 e. The van der Waals surface area contributed by atoms with Gasteiger partial charge in [0.2, 0.25) is 11.8 Å². The van der Waals surface area contributed by atoms with Crippen LogP contribution in [0.5, 0.6) is 0 Å². The molecule has 2 amide bonds. The summed E-state index contributed by atoms with van der Waals surface area (Å²) >= 11 is 12.0. The molecule has 0 saturated heterocycles. The van der Waals surface area contributed by atoms with Crippen LogP contribution in [0.3, 0.4) is 0 Å². The number of carbonyl (C=O) groups excluding carboxylic acids is 2. The zero-order valence-electron chi connectivity index (χ0n) is 15.4. The summed E-state index contributed by atoms with van der Waals surface area (Å²) in [6.07, 6.45) is 0.878. The van der Waals surface area contributed by atoms with Gasteiger partial charge in [-0.05, 0) is 55.9 Å². The van der Waals surface area contributed by atoms with Crippen LogP contribution in [0.4, 0.5) is 5.69 Å². The molecule has 5 nitrogen and oxygen atoms in total. The monoisotopic (exact) mass is 407 g/mol. The van der Waals surface area contributed by atoms with Crippen LogP contribution >= 0.6 is 23.2 Å². The van der Waals surface area contributed by atoms with Crippen LogP contribution in [0.25, 0.3) is 0 Å². The summed E-state index contributed by atoms with van der Waals surface area (Å²) in [5, 5.41) is 6.86. The number of amides is 2. The van der Waals surface area contributed by atoms with E-state index in [2.05, 4.69) is 10.6 Å². The van der Waals surface area contributed by atoms with Crippen LogP contribution in [0.1, 0.15) is 17.5 Å². The Bertz CT molecular complexity index is 810. The van der Waals surface area contributed by atoms with Gasteiger partial charge in [-0.25, -0.2) is 0 Å². The normalized spacial score (nSPS) is 10.7. The van der Waals surface area contributed by atoms with Crippen molar-refractivity contribution in [2.45, 2.75) is 19.4 Å². The Labute approximate surface area is 169 Å². The SMILES string of the molecule is CN(C)CC(=O)Nc1cccc(CNC(=O)CCc2ccc(Cl)cc2Cl)c1. The van der Waals surface area contributed by atoms with Gasteiger partial charge in [-0.3, -0.25) is 9.59 Å². The lowest BCUT2D eigenvalue weighted by Crippen LogP contribution is -2.27. The van der Waals surface area contributed by atoms with E-state index in [1.165, 1.54) is 0 Å². The summed E-state index contributed by atoms with van der Waals surface area (Å²) in [6.45, 7) is 0.707. The number of anilines is 1. The van der Waals surface area contributed by atoms with E-state index in [9.17, 15) is 9.59 Å². The highest BCUT2D eigenvalue weighted by molar-refractivity contribution is 6.35. The second kappa shape index (κ2) is 10.3. The average molecular weight is 408 g/mol. The zero-order valence-corrected chi connectivity index (χ0v) is 16.9. The first kappa shape index (κ1) is 21.2. The van der Waals surface area contributed by atoms with E-state index in [-0.39, 0.29) is 11.8 Å². The molecule has 0 unspecified atom stereocenters. The van der Waals surface area contributed by atoms with E-state index in [1.807, 2.05) is 44.4 Å². The molecule has 0 aliphatic rings. The summed E-state index contributed by atoms with van der Waals surface area (Å²) in [4.78, 5) is 25.7. The lowest BCUT2D eigenvalue weighted by molar-refractivity contribution is -0.121. The molecule has 2 N–H and O–H groups in total. The number of hydrogen-bond acceptors (Lipinski definition) is 3. The van der Waals surface area contributed by atoms with E-state index in [4.69, 9.17) is 23.2 Å². The third kappa shape index (κ3) is 7.59. The molecule has 0 fully saturated rings. The molecule has 2 rings (SSSR count). The maximum atomic E-state index is 12.1. The molecule has 2 aromatic rings. The van der Waals surface area contributed by atoms with Crippen LogP contribution in [0, 0.1) is 0 Å². The second-order valence-electron chi connectivity index (χ2n) is 6.50. The average Bonchev–Trinajstić information content (AvgIpc) is 2.58. The molecule has 0 spiro atoms. The predicted octanol–water partition coefficient (Wildman–Crippen LogP) is 3.74. The number of aryl methyl sites for hydroxylation is 1. The first-order valence-corrected chi connectivity index (χ1v) is 9.33. The van der Waals surface area contributed by atoms with Crippen LogP contribution in [-0.4, -0.2) is 37.4 Å². The Morgan fingerprint density at radius 1 is 1.04 bits per heavy atom. The summed E-state index contributed by atoms with van der Waals surface area (Å²) in [5.41, 5.74) is 2.51. The number of halogens is 2. The zero-order chi connectivity index (χ0) is 19.8. The molecular formula is C20H23Cl2N3O2. The molecule has 0 radical (unpaired) electrons. The Hall–Kier alpha value is -2.08. The van der Waals surface area contributed by atoms with Crippen molar-refractivity contribution in [2.24, 2.45) is 0 Å². The number of rotatable bonds is 8. The molecule has 7 heteroatoms. The van der Waals surface area contributed by atoms with E-state index < -0.39 is 0 Å². The fraction of sp³-hybridized carbons (Fsp3) is 0.300.